The summed E-state index contributed by atoms with van der Waals surface area (Å²) in [6.45, 7) is 0. The minimum atomic E-state index is -0.495. The van der Waals surface area contributed by atoms with Gasteiger partial charge >= 0.3 is 11.7 Å². The molecule has 0 saturated heterocycles. The van der Waals surface area contributed by atoms with Gasteiger partial charge in [0, 0.05) is 31.6 Å². The Balaban J connectivity index is 2.11. The van der Waals surface area contributed by atoms with Crippen molar-refractivity contribution < 1.29 is 13.9 Å². The van der Waals surface area contributed by atoms with Gasteiger partial charge in [0.1, 0.15) is 11.3 Å². The molecule has 0 atom stereocenters. The van der Waals surface area contributed by atoms with Crippen LogP contribution in [0.25, 0.3) is 22.1 Å². The Morgan fingerprint density at radius 3 is 2.48 bits per heavy atom. The van der Waals surface area contributed by atoms with Gasteiger partial charge in [0.05, 0.1) is 0 Å². The third-order valence-corrected chi connectivity index (χ3v) is 3.37. The van der Waals surface area contributed by atoms with E-state index < -0.39 is 11.7 Å². The molecule has 0 bridgehead atoms. The number of carbonyl (C=O) groups is 1. The smallest absolute Gasteiger partial charge is 0.414 e. The van der Waals surface area contributed by atoms with E-state index in [1.165, 1.54) is 11.0 Å². The molecule has 116 valence electrons. The Bertz CT molecular complexity index is 913. The zero-order valence-electron chi connectivity index (χ0n) is 12.8. The molecule has 0 aliphatic rings. The molecule has 1 amide bonds. The molecule has 0 unspecified atom stereocenters. The summed E-state index contributed by atoms with van der Waals surface area (Å²) in [5.74, 6) is 0.324. The highest BCUT2D eigenvalue weighted by Gasteiger charge is 2.11. The van der Waals surface area contributed by atoms with Crippen LogP contribution in [0, 0.1) is 0 Å². The van der Waals surface area contributed by atoms with Crippen molar-refractivity contribution in [2.45, 2.75) is 0 Å². The van der Waals surface area contributed by atoms with E-state index in [1.807, 2.05) is 30.3 Å². The van der Waals surface area contributed by atoms with Gasteiger partial charge in [-0.1, -0.05) is 30.3 Å². The van der Waals surface area contributed by atoms with E-state index in [-0.39, 0.29) is 0 Å². The fraction of sp³-hybridized carbons (Fsp3) is 0.111. The van der Waals surface area contributed by atoms with Crippen molar-refractivity contribution >= 4 is 17.1 Å². The Morgan fingerprint density at radius 1 is 1.04 bits per heavy atom. The third kappa shape index (κ3) is 3.08. The number of hydrogen-bond acceptors (Lipinski definition) is 4. The van der Waals surface area contributed by atoms with E-state index in [0.717, 1.165) is 16.5 Å². The first-order valence-electron chi connectivity index (χ1n) is 7.07. The first kappa shape index (κ1) is 14.8. The van der Waals surface area contributed by atoms with Crippen LogP contribution in [0.1, 0.15) is 0 Å². The minimum Gasteiger partial charge on any atom is -0.423 e. The van der Waals surface area contributed by atoms with Gasteiger partial charge in [-0.25, -0.2) is 9.59 Å². The molecule has 23 heavy (non-hydrogen) atoms. The first-order chi connectivity index (χ1) is 11.0. The van der Waals surface area contributed by atoms with Crippen molar-refractivity contribution in [3.63, 3.8) is 0 Å². The lowest BCUT2D eigenvalue weighted by molar-refractivity contribution is 0.172. The van der Waals surface area contributed by atoms with Gasteiger partial charge in [-0.2, -0.15) is 0 Å². The SMILES string of the molecule is CN(C)C(=O)Oc1ccc2c(-c3ccccc3)cc(=O)oc2c1. The lowest BCUT2D eigenvalue weighted by Gasteiger charge is -2.11. The van der Waals surface area contributed by atoms with Gasteiger partial charge in [0.2, 0.25) is 0 Å². The number of carbonyl (C=O) groups excluding carboxylic acids is 1. The van der Waals surface area contributed by atoms with Gasteiger partial charge in [-0.3, -0.25) is 0 Å². The molecule has 0 radical (unpaired) electrons. The Labute approximate surface area is 132 Å². The van der Waals surface area contributed by atoms with Crippen LogP contribution in [0.15, 0.2) is 63.8 Å². The van der Waals surface area contributed by atoms with E-state index in [2.05, 4.69) is 0 Å². The molecular weight excluding hydrogens is 294 g/mol. The molecule has 5 heteroatoms. The van der Waals surface area contributed by atoms with Crippen molar-refractivity contribution in [2.75, 3.05) is 14.1 Å². The summed E-state index contributed by atoms with van der Waals surface area (Å²) in [4.78, 5) is 24.8. The van der Waals surface area contributed by atoms with E-state index in [9.17, 15) is 9.59 Å². The van der Waals surface area contributed by atoms with Gasteiger partial charge in [-0.05, 0) is 23.3 Å². The van der Waals surface area contributed by atoms with Crippen LogP contribution >= 0.6 is 0 Å². The van der Waals surface area contributed by atoms with Crippen molar-refractivity contribution in [2.24, 2.45) is 0 Å². The zero-order valence-corrected chi connectivity index (χ0v) is 12.8. The lowest BCUT2D eigenvalue weighted by Crippen LogP contribution is -2.25. The molecule has 0 aliphatic heterocycles. The highest BCUT2D eigenvalue weighted by atomic mass is 16.6. The van der Waals surface area contributed by atoms with Gasteiger partial charge in [-0.15, -0.1) is 0 Å². The van der Waals surface area contributed by atoms with Crippen LogP contribution in [-0.2, 0) is 0 Å². The second-order valence-corrected chi connectivity index (χ2v) is 5.27. The highest BCUT2D eigenvalue weighted by Crippen LogP contribution is 2.29. The molecule has 3 aromatic rings. The average molecular weight is 309 g/mol. The topological polar surface area (TPSA) is 59.8 Å². The van der Waals surface area contributed by atoms with E-state index >= 15 is 0 Å². The van der Waals surface area contributed by atoms with Crippen LogP contribution in [0.5, 0.6) is 5.75 Å². The molecular formula is C18H15NO4. The van der Waals surface area contributed by atoms with Crippen LogP contribution in [-0.4, -0.2) is 25.1 Å². The predicted molar refractivity (Wildman–Crippen MR) is 87.6 cm³/mol. The number of nitrogens with zero attached hydrogens (tertiary/aromatic N) is 1. The molecule has 0 N–H and O–H groups in total. The number of rotatable bonds is 2. The lowest BCUT2D eigenvalue weighted by atomic mass is 10.0. The number of benzene rings is 2. The predicted octanol–water partition coefficient (Wildman–Crippen LogP) is 3.52. The van der Waals surface area contributed by atoms with Crippen LogP contribution in [0.3, 0.4) is 0 Å². The Morgan fingerprint density at radius 2 is 1.78 bits per heavy atom. The summed E-state index contributed by atoms with van der Waals surface area (Å²) in [5.41, 5.74) is 1.62. The Kier molecular flexibility index (Phi) is 3.85. The molecule has 0 aliphatic carbocycles. The van der Waals surface area contributed by atoms with Crippen molar-refractivity contribution in [3.8, 4) is 16.9 Å². The van der Waals surface area contributed by atoms with Gasteiger partial charge in [0.15, 0.2) is 0 Å². The normalized spacial score (nSPS) is 10.5. The summed E-state index contributed by atoms with van der Waals surface area (Å²) in [5, 5.41) is 0.778. The van der Waals surface area contributed by atoms with Crippen molar-refractivity contribution in [1.82, 2.24) is 4.90 Å². The second kappa shape index (κ2) is 5.96. The summed E-state index contributed by atoms with van der Waals surface area (Å²) >= 11 is 0. The fourth-order valence-electron chi connectivity index (χ4n) is 2.26. The largest absolute Gasteiger partial charge is 0.423 e. The van der Waals surface area contributed by atoms with E-state index in [1.54, 1.807) is 32.3 Å². The average Bonchev–Trinajstić information content (AvgIpc) is 2.54. The number of amides is 1. The monoisotopic (exact) mass is 309 g/mol. The zero-order chi connectivity index (χ0) is 16.4. The summed E-state index contributed by atoms with van der Waals surface area (Å²) in [6.07, 6.45) is -0.495. The standard InChI is InChI=1S/C18H15NO4/c1-19(2)18(21)22-13-8-9-14-15(12-6-4-3-5-7-12)11-17(20)23-16(14)10-13/h3-11H,1-2H3. The number of hydrogen-bond donors (Lipinski definition) is 0. The molecule has 0 spiro atoms. The van der Waals surface area contributed by atoms with Gasteiger partial charge in [0.25, 0.3) is 0 Å². The summed E-state index contributed by atoms with van der Waals surface area (Å²) in [6, 6.07) is 16.0. The molecule has 3 rings (SSSR count). The van der Waals surface area contributed by atoms with Crippen LogP contribution < -0.4 is 10.4 Å². The number of fused-ring (bicyclic) bond motifs is 1. The quantitative estimate of drug-likeness (QED) is 0.680. The Hall–Kier alpha value is -3.08. The van der Waals surface area contributed by atoms with Crippen molar-refractivity contribution in [1.29, 1.82) is 0 Å². The third-order valence-electron chi connectivity index (χ3n) is 3.37. The summed E-state index contributed by atoms with van der Waals surface area (Å²) in [7, 11) is 3.19. The minimum absolute atomic E-state index is 0.324. The number of ether oxygens (including phenoxy) is 1. The van der Waals surface area contributed by atoms with Crippen LogP contribution in [0.4, 0.5) is 4.79 Å². The molecule has 1 aromatic heterocycles. The maximum Gasteiger partial charge on any atom is 0.414 e. The van der Waals surface area contributed by atoms with Crippen LogP contribution in [0.2, 0.25) is 0 Å². The van der Waals surface area contributed by atoms with E-state index in [0.29, 0.717) is 11.3 Å². The maximum atomic E-state index is 11.8. The second-order valence-electron chi connectivity index (χ2n) is 5.27. The molecule has 1 heterocycles. The van der Waals surface area contributed by atoms with E-state index in [4.69, 9.17) is 9.15 Å². The first-order valence-corrected chi connectivity index (χ1v) is 7.07. The van der Waals surface area contributed by atoms with Crippen molar-refractivity contribution in [3.05, 3.63) is 65.0 Å². The molecule has 0 saturated carbocycles. The molecule has 0 fully saturated rings. The maximum absolute atomic E-state index is 11.8. The van der Waals surface area contributed by atoms with Gasteiger partial charge < -0.3 is 14.1 Å². The summed E-state index contributed by atoms with van der Waals surface area (Å²) < 4.78 is 10.4. The molecule has 5 nitrogen and oxygen atoms in total. The molecule has 2 aromatic carbocycles. The highest BCUT2D eigenvalue weighted by molar-refractivity contribution is 5.94. The fourth-order valence-corrected chi connectivity index (χ4v) is 2.26.